The maximum absolute atomic E-state index is 11.1. The topological polar surface area (TPSA) is 86.6 Å². The Labute approximate surface area is 89.5 Å². The highest BCUT2D eigenvalue weighted by Crippen LogP contribution is 1.95. The van der Waals surface area contributed by atoms with Crippen molar-refractivity contribution in [3.8, 4) is 11.5 Å². The van der Waals surface area contributed by atoms with Crippen LogP contribution in [0.2, 0.25) is 19.6 Å². The molecule has 1 unspecified atom stereocenters. The molecule has 1 atom stereocenters. The Kier molecular flexibility index (Phi) is 5.04. The number of hydrogen-bond donors (Lipinski definition) is 3. The van der Waals surface area contributed by atoms with Gasteiger partial charge in [-0.25, -0.2) is 4.79 Å². The second-order valence-corrected chi connectivity index (χ2v) is 8.80. The van der Waals surface area contributed by atoms with Crippen molar-refractivity contribution in [1.82, 2.24) is 5.32 Å². The lowest BCUT2D eigenvalue weighted by Crippen LogP contribution is -2.42. The van der Waals surface area contributed by atoms with Crippen LogP contribution in [0.15, 0.2) is 0 Å². The van der Waals surface area contributed by atoms with Crippen LogP contribution in [-0.4, -0.2) is 42.8 Å². The third-order valence-electron chi connectivity index (χ3n) is 1.34. The smallest absolute Gasteiger partial charge is 0.328 e. The van der Waals surface area contributed by atoms with E-state index in [9.17, 15) is 9.59 Å². The molecule has 0 aliphatic heterocycles. The van der Waals surface area contributed by atoms with E-state index in [1.165, 1.54) is 0 Å². The number of aliphatic hydroxyl groups excluding tert-OH is 1. The fraction of sp³-hybridized carbons (Fsp3) is 0.556. The number of aliphatic hydroxyl groups is 1. The van der Waals surface area contributed by atoms with Crippen LogP contribution in [0.1, 0.15) is 0 Å². The number of amides is 1. The zero-order valence-corrected chi connectivity index (χ0v) is 10.00. The van der Waals surface area contributed by atoms with E-state index in [4.69, 9.17) is 10.2 Å². The normalized spacial score (nSPS) is 12.3. The Morgan fingerprint density at radius 3 is 2.27 bits per heavy atom. The molecule has 0 saturated carbocycles. The summed E-state index contributed by atoms with van der Waals surface area (Å²) >= 11 is 0. The first-order valence-electron chi connectivity index (χ1n) is 4.43. The predicted molar refractivity (Wildman–Crippen MR) is 57.8 cm³/mol. The summed E-state index contributed by atoms with van der Waals surface area (Å²) in [5.41, 5.74) is 2.79. The zero-order chi connectivity index (χ0) is 12.1. The van der Waals surface area contributed by atoms with Crippen LogP contribution >= 0.6 is 0 Å². The van der Waals surface area contributed by atoms with Crippen molar-refractivity contribution in [1.29, 1.82) is 0 Å². The molecule has 0 fully saturated rings. The second-order valence-electron chi connectivity index (χ2n) is 4.05. The standard InChI is InChI=1S/C9H15NO4Si/c1-15(2,3)5-4-8(12)10-7(6-11)9(13)14/h7,11H,6H2,1-3H3,(H,10,12)(H,13,14). The van der Waals surface area contributed by atoms with E-state index in [-0.39, 0.29) is 0 Å². The molecule has 84 valence electrons. The summed E-state index contributed by atoms with van der Waals surface area (Å²) in [6.07, 6.45) is 0. The zero-order valence-electron chi connectivity index (χ0n) is 9.00. The number of carbonyl (C=O) groups is 2. The van der Waals surface area contributed by atoms with Gasteiger partial charge in [-0.2, -0.15) is 0 Å². The highest BCUT2D eigenvalue weighted by atomic mass is 28.3. The van der Waals surface area contributed by atoms with Crippen LogP contribution in [0.4, 0.5) is 0 Å². The van der Waals surface area contributed by atoms with Gasteiger partial charge in [0.1, 0.15) is 8.07 Å². The van der Waals surface area contributed by atoms with Crippen molar-refractivity contribution in [3.05, 3.63) is 0 Å². The van der Waals surface area contributed by atoms with Gasteiger partial charge in [0.15, 0.2) is 6.04 Å². The molecule has 0 aliphatic rings. The van der Waals surface area contributed by atoms with Crippen LogP contribution < -0.4 is 5.32 Å². The largest absolute Gasteiger partial charge is 0.480 e. The Morgan fingerprint density at radius 2 is 1.93 bits per heavy atom. The molecule has 0 rings (SSSR count). The van der Waals surface area contributed by atoms with E-state index in [0.717, 1.165) is 0 Å². The van der Waals surface area contributed by atoms with E-state index in [0.29, 0.717) is 0 Å². The molecule has 0 heterocycles. The summed E-state index contributed by atoms with van der Waals surface area (Å²) in [6, 6.07) is -1.28. The highest BCUT2D eigenvalue weighted by molar-refractivity contribution is 6.84. The first-order chi connectivity index (χ1) is 6.76. The Hall–Kier alpha value is -1.32. The van der Waals surface area contributed by atoms with E-state index in [1.807, 2.05) is 19.6 Å². The number of aliphatic carboxylic acids is 1. The molecule has 15 heavy (non-hydrogen) atoms. The minimum Gasteiger partial charge on any atom is -0.480 e. The van der Waals surface area contributed by atoms with Gasteiger partial charge in [0.25, 0.3) is 5.91 Å². The summed E-state index contributed by atoms with van der Waals surface area (Å²) in [5.74, 6) is 0.385. The summed E-state index contributed by atoms with van der Waals surface area (Å²) in [5, 5.41) is 19.3. The minimum absolute atomic E-state index is 0.643. The van der Waals surface area contributed by atoms with Gasteiger partial charge in [-0.3, -0.25) is 4.79 Å². The third kappa shape index (κ3) is 6.71. The van der Waals surface area contributed by atoms with Crippen molar-refractivity contribution >= 4 is 20.0 Å². The van der Waals surface area contributed by atoms with Gasteiger partial charge >= 0.3 is 5.97 Å². The number of rotatable bonds is 3. The molecule has 0 bridgehead atoms. The summed E-state index contributed by atoms with van der Waals surface area (Å²) in [7, 11) is -1.64. The lowest BCUT2D eigenvalue weighted by molar-refractivity contribution is -0.142. The van der Waals surface area contributed by atoms with E-state index >= 15 is 0 Å². The maximum atomic E-state index is 11.1. The molecule has 0 aromatic carbocycles. The lowest BCUT2D eigenvalue weighted by atomic mass is 10.3. The summed E-state index contributed by atoms with van der Waals surface area (Å²) < 4.78 is 0. The molecule has 0 aromatic rings. The number of carboxylic acid groups (broad SMARTS) is 1. The van der Waals surface area contributed by atoms with E-state index < -0.39 is 32.6 Å². The van der Waals surface area contributed by atoms with E-state index in [1.54, 1.807) is 0 Å². The molecule has 0 aromatic heterocycles. The fourth-order valence-corrected chi connectivity index (χ4v) is 1.11. The minimum atomic E-state index is -1.64. The van der Waals surface area contributed by atoms with Gasteiger partial charge in [-0.05, 0) is 5.92 Å². The Morgan fingerprint density at radius 1 is 1.40 bits per heavy atom. The summed E-state index contributed by atoms with van der Waals surface area (Å²) in [6.45, 7) is 5.26. The molecule has 0 spiro atoms. The Balaban J connectivity index is 4.36. The first kappa shape index (κ1) is 13.7. The molecule has 0 saturated heterocycles. The third-order valence-corrected chi connectivity index (χ3v) is 2.21. The van der Waals surface area contributed by atoms with Crippen molar-refractivity contribution in [3.63, 3.8) is 0 Å². The number of carbonyl (C=O) groups excluding carboxylic acids is 1. The first-order valence-corrected chi connectivity index (χ1v) is 7.93. The van der Waals surface area contributed by atoms with Crippen LogP contribution in [0, 0.1) is 11.5 Å². The van der Waals surface area contributed by atoms with Crippen LogP contribution in [-0.2, 0) is 9.59 Å². The molecule has 3 N–H and O–H groups in total. The van der Waals surface area contributed by atoms with Gasteiger partial charge < -0.3 is 15.5 Å². The van der Waals surface area contributed by atoms with Crippen molar-refractivity contribution in [2.45, 2.75) is 25.7 Å². The predicted octanol–water partition coefficient (Wildman–Crippen LogP) is -0.571. The Bertz CT molecular complexity index is 310. The van der Waals surface area contributed by atoms with Gasteiger partial charge in [-0.15, -0.1) is 5.54 Å². The van der Waals surface area contributed by atoms with Gasteiger partial charge in [0, 0.05) is 0 Å². The molecule has 5 nitrogen and oxygen atoms in total. The lowest BCUT2D eigenvalue weighted by Gasteiger charge is -2.08. The molecule has 1 amide bonds. The van der Waals surface area contributed by atoms with Crippen LogP contribution in [0.3, 0.4) is 0 Å². The monoisotopic (exact) mass is 229 g/mol. The SMILES string of the molecule is C[Si](C)(C)C#CC(=O)NC(CO)C(=O)O. The van der Waals surface area contributed by atoms with Crippen LogP contribution in [0.5, 0.6) is 0 Å². The van der Waals surface area contributed by atoms with Gasteiger partial charge in [0.2, 0.25) is 0 Å². The quantitative estimate of drug-likeness (QED) is 0.447. The molecule has 0 aliphatic carbocycles. The van der Waals surface area contributed by atoms with Crippen LogP contribution in [0.25, 0.3) is 0 Å². The molecular weight excluding hydrogens is 214 g/mol. The van der Waals surface area contributed by atoms with Crippen molar-refractivity contribution in [2.24, 2.45) is 0 Å². The number of hydrogen-bond acceptors (Lipinski definition) is 3. The summed E-state index contributed by atoms with van der Waals surface area (Å²) in [4.78, 5) is 21.6. The second kappa shape index (κ2) is 5.53. The average molecular weight is 229 g/mol. The van der Waals surface area contributed by atoms with Crippen molar-refractivity contribution < 1.29 is 19.8 Å². The highest BCUT2D eigenvalue weighted by Gasteiger charge is 2.17. The molecule has 0 radical (unpaired) electrons. The number of nitrogens with one attached hydrogen (secondary N) is 1. The molecule has 6 heteroatoms. The van der Waals surface area contributed by atoms with Crippen molar-refractivity contribution in [2.75, 3.05) is 6.61 Å². The van der Waals surface area contributed by atoms with Gasteiger partial charge in [-0.1, -0.05) is 19.6 Å². The average Bonchev–Trinajstić information content (AvgIpc) is 2.09. The molecular formula is C9H15NO4Si. The van der Waals surface area contributed by atoms with Gasteiger partial charge in [0.05, 0.1) is 6.61 Å². The maximum Gasteiger partial charge on any atom is 0.328 e. The van der Waals surface area contributed by atoms with E-state index in [2.05, 4.69) is 16.8 Å². The fourth-order valence-electron chi connectivity index (χ4n) is 0.624. The number of carboxylic acids is 1.